The van der Waals surface area contributed by atoms with Gasteiger partial charge in [-0.15, -0.1) is 0 Å². The number of hydrogen-bond donors (Lipinski definition) is 0. The van der Waals surface area contributed by atoms with Gasteiger partial charge in [0.1, 0.15) is 17.2 Å². The van der Waals surface area contributed by atoms with Crippen LogP contribution in [-0.2, 0) is 9.53 Å². The van der Waals surface area contributed by atoms with E-state index < -0.39 is 12.0 Å². The molecular weight excluding hydrogens is 625 g/mol. The number of methoxy groups -OCH3 is 1. The van der Waals surface area contributed by atoms with E-state index in [4.69, 9.17) is 24.3 Å². The van der Waals surface area contributed by atoms with Crippen molar-refractivity contribution in [3.05, 3.63) is 127 Å². The molecule has 6 rings (SSSR count). The van der Waals surface area contributed by atoms with E-state index in [0.29, 0.717) is 38.7 Å². The van der Waals surface area contributed by atoms with Crippen molar-refractivity contribution in [3.63, 3.8) is 0 Å². The van der Waals surface area contributed by atoms with Crippen molar-refractivity contribution in [2.45, 2.75) is 52.7 Å². The Balaban J connectivity index is 1.49. The maximum Gasteiger partial charge on any atom is 0.338 e. The number of carbonyl (C=O) groups excluding carboxylic acids is 1. The molecule has 1 aliphatic rings. The molecule has 0 N–H and O–H groups in total. The molecule has 0 fully saturated rings. The number of unbranched alkanes of at least 4 members (excludes halogenated alkanes) is 1. The van der Waals surface area contributed by atoms with E-state index in [1.807, 2.05) is 95.8 Å². The summed E-state index contributed by atoms with van der Waals surface area (Å²) in [7, 11) is 1.59. The SMILES string of the molecule is CCCCOc1ccc(-c2nn(-c3ccccc3)cc2/C=c2/sc3n(c2=O)[C@H](c2ccc(OC)cc2)C(C(=O)OC(C)C)=C(C)N=3)cc1. The lowest BCUT2D eigenvalue weighted by molar-refractivity contribution is -0.143. The fourth-order valence-electron chi connectivity index (χ4n) is 5.58. The van der Waals surface area contributed by atoms with Crippen LogP contribution in [0.2, 0.25) is 0 Å². The zero-order valence-corrected chi connectivity index (χ0v) is 28.5. The van der Waals surface area contributed by atoms with E-state index in [-0.39, 0.29) is 11.7 Å². The van der Waals surface area contributed by atoms with Gasteiger partial charge in [0.15, 0.2) is 4.80 Å². The summed E-state index contributed by atoms with van der Waals surface area (Å²) < 4.78 is 20.8. The molecule has 2 aromatic heterocycles. The van der Waals surface area contributed by atoms with Crippen LogP contribution in [0.5, 0.6) is 11.5 Å². The number of carbonyl (C=O) groups is 1. The first-order valence-corrected chi connectivity index (χ1v) is 16.8. The van der Waals surface area contributed by atoms with Crippen molar-refractivity contribution in [1.82, 2.24) is 14.3 Å². The molecular formula is C38H38N4O5S. The van der Waals surface area contributed by atoms with Crippen molar-refractivity contribution in [3.8, 4) is 28.4 Å². The molecule has 0 unspecified atom stereocenters. The number of thiazole rings is 1. The van der Waals surface area contributed by atoms with Crippen molar-refractivity contribution < 1.29 is 19.0 Å². The minimum absolute atomic E-state index is 0.264. The molecule has 10 heteroatoms. The summed E-state index contributed by atoms with van der Waals surface area (Å²) >= 11 is 1.28. The Bertz CT molecular complexity index is 2130. The molecule has 5 aromatic rings. The number of para-hydroxylation sites is 1. The average molecular weight is 663 g/mol. The summed E-state index contributed by atoms with van der Waals surface area (Å²) in [4.78, 5) is 33.1. The Kier molecular flexibility index (Phi) is 9.72. The van der Waals surface area contributed by atoms with Gasteiger partial charge in [-0.25, -0.2) is 14.5 Å². The summed E-state index contributed by atoms with van der Waals surface area (Å²) in [5, 5.41) is 4.95. The molecule has 48 heavy (non-hydrogen) atoms. The highest BCUT2D eigenvalue weighted by molar-refractivity contribution is 7.07. The van der Waals surface area contributed by atoms with Gasteiger partial charge in [-0.2, -0.15) is 5.10 Å². The highest BCUT2D eigenvalue weighted by atomic mass is 32.1. The Labute approximate surface area is 283 Å². The first-order valence-electron chi connectivity index (χ1n) is 16.0. The molecule has 0 aliphatic carbocycles. The zero-order valence-electron chi connectivity index (χ0n) is 27.7. The number of fused-ring (bicyclic) bond motifs is 1. The van der Waals surface area contributed by atoms with Gasteiger partial charge in [0.05, 0.1) is 47.4 Å². The lowest BCUT2D eigenvalue weighted by Gasteiger charge is -2.25. The van der Waals surface area contributed by atoms with Crippen LogP contribution in [0.4, 0.5) is 0 Å². The zero-order chi connectivity index (χ0) is 33.8. The number of benzene rings is 3. The Morgan fingerprint density at radius 3 is 2.38 bits per heavy atom. The summed E-state index contributed by atoms with van der Waals surface area (Å²) in [6.45, 7) is 8.17. The van der Waals surface area contributed by atoms with Crippen molar-refractivity contribution in [2.75, 3.05) is 13.7 Å². The molecule has 0 amide bonds. The maximum atomic E-state index is 14.4. The van der Waals surface area contributed by atoms with Gasteiger partial charge in [-0.1, -0.05) is 55.0 Å². The smallest absolute Gasteiger partial charge is 0.338 e. The predicted molar refractivity (Wildman–Crippen MR) is 187 cm³/mol. The number of ether oxygens (including phenoxy) is 3. The third kappa shape index (κ3) is 6.75. The molecule has 3 heterocycles. The predicted octanol–water partition coefficient (Wildman–Crippen LogP) is 6.23. The minimum atomic E-state index is -0.729. The monoisotopic (exact) mass is 662 g/mol. The van der Waals surface area contributed by atoms with Crippen molar-refractivity contribution in [2.24, 2.45) is 4.99 Å². The van der Waals surface area contributed by atoms with E-state index in [1.165, 1.54) is 11.3 Å². The summed E-state index contributed by atoms with van der Waals surface area (Å²) in [6, 6.07) is 24.3. The fraction of sp³-hybridized carbons (Fsp3) is 0.263. The molecule has 1 atom stereocenters. The van der Waals surface area contributed by atoms with Gasteiger partial charge < -0.3 is 14.2 Å². The largest absolute Gasteiger partial charge is 0.497 e. The third-order valence-corrected chi connectivity index (χ3v) is 8.94. The minimum Gasteiger partial charge on any atom is -0.497 e. The number of esters is 1. The molecule has 0 bridgehead atoms. The van der Waals surface area contributed by atoms with Crippen LogP contribution in [0, 0.1) is 0 Å². The third-order valence-electron chi connectivity index (χ3n) is 7.96. The lowest BCUT2D eigenvalue weighted by atomic mass is 9.96. The number of nitrogens with zero attached hydrogens (tertiary/aromatic N) is 4. The number of aromatic nitrogens is 3. The van der Waals surface area contributed by atoms with Crippen molar-refractivity contribution in [1.29, 1.82) is 0 Å². The number of allylic oxidation sites excluding steroid dienone is 1. The summed E-state index contributed by atoms with van der Waals surface area (Å²) in [5.41, 5.74) is 4.57. The van der Waals surface area contributed by atoms with Crippen LogP contribution >= 0.6 is 11.3 Å². The van der Waals surface area contributed by atoms with Crippen LogP contribution in [-0.4, -0.2) is 40.1 Å². The second-order valence-corrected chi connectivity index (χ2v) is 12.8. The van der Waals surface area contributed by atoms with Gasteiger partial charge in [0.25, 0.3) is 5.56 Å². The number of rotatable bonds is 11. The standard InChI is InChI=1S/C38H38N4O5S/c1-6-7-21-46-31-19-13-26(14-20-31)34-28(23-41(40-34)29-11-9-8-10-12-29)22-32-36(43)42-35(27-15-17-30(45-5)18-16-27)33(37(44)47-24(2)3)25(4)39-38(42)48-32/h8-20,22-24,35H,6-7,21H2,1-5H3/b32-22+/t35-/m1/s1. The van der Waals surface area contributed by atoms with Gasteiger partial charge in [0, 0.05) is 17.3 Å². The van der Waals surface area contributed by atoms with E-state index >= 15 is 0 Å². The maximum absolute atomic E-state index is 14.4. The quantitative estimate of drug-likeness (QED) is 0.123. The second kappa shape index (κ2) is 14.3. The summed E-state index contributed by atoms with van der Waals surface area (Å²) in [6.07, 6.45) is 5.49. The highest BCUT2D eigenvalue weighted by Gasteiger charge is 2.34. The molecule has 0 radical (unpaired) electrons. The van der Waals surface area contributed by atoms with Crippen LogP contribution in [0.1, 0.15) is 57.7 Å². The topological polar surface area (TPSA) is 96.9 Å². The van der Waals surface area contributed by atoms with Crippen LogP contribution in [0.15, 0.2) is 106 Å². The first-order chi connectivity index (χ1) is 23.3. The fourth-order valence-corrected chi connectivity index (χ4v) is 6.61. The number of hydrogen-bond acceptors (Lipinski definition) is 8. The highest BCUT2D eigenvalue weighted by Crippen LogP contribution is 2.32. The van der Waals surface area contributed by atoms with E-state index in [9.17, 15) is 9.59 Å². The molecule has 246 valence electrons. The van der Waals surface area contributed by atoms with Gasteiger partial charge in [0.2, 0.25) is 0 Å². The van der Waals surface area contributed by atoms with Crippen molar-refractivity contribution >= 4 is 23.4 Å². The molecule has 3 aromatic carbocycles. The van der Waals surface area contributed by atoms with Crippen LogP contribution in [0.3, 0.4) is 0 Å². The Morgan fingerprint density at radius 2 is 1.71 bits per heavy atom. The molecule has 0 saturated heterocycles. The van der Waals surface area contributed by atoms with E-state index in [2.05, 4.69) is 6.92 Å². The molecule has 9 nitrogen and oxygen atoms in total. The van der Waals surface area contributed by atoms with Crippen LogP contribution < -0.4 is 24.4 Å². The lowest BCUT2D eigenvalue weighted by Crippen LogP contribution is -2.40. The Hall–Kier alpha value is -5.22. The molecule has 0 saturated carbocycles. The molecule has 0 spiro atoms. The second-order valence-electron chi connectivity index (χ2n) is 11.7. The normalized spacial score (nSPS) is 14.5. The van der Waals surface area contributed by atoms with Gasteiger partial charge >= 0.3 is 5.97 Å². The summed E-state index contributed by atoms with van der Waals surface area (Å²) in [5.74, 6) is 0.960. The van der Waals surface area contributed by atoms with E-state index in [1.54, 1.807) is 32.4 Å². The average Bonchev–Trinajstić information content (AvgIpc) is 3.65. The van der Waals surface area contributed by atoms with Crippen LogP contribution in [0.25, 0.3) is 23.0 Å². The molecule has 1 aliphatic heterocycles. The van der Waals surface area contributed by atoms with Gasteiger partial charge in [-0.05, 0) is 87.4 Å². The van der Waals surface area contributed by atoms with Gasteiger partial charge in [-0.3, -0.25) is 9.36 Å². The Morgan fingerprint density at radius 1 is 1.00 bits per heavy atom. The first kappa shape index (κ1) is 32.7. The van der Waals surface area contributed by atoms with E-state index in [0.717, 1.165) is 41.0 Å².